The van der Waals surface area contributed by atoms with Gasteiger partial charge in [0.2, 0.25) is 0 Å². The molecule has 1 aliphatic heterocycles. The van der Waals surface area contributed by atoms with Crippen LogP contribution in [0.5, 0.6) is 5.75 Å². The molecule has 3 heteroatoms. The minimum Gasteiger partial charge on any atom is -0.496 e. The number of nitrogens with zero attached hydrogens (tertiary/aromatic N) is 1. The summed E-state index contributed by atoms with van der Waals surface area (Å²) in [6, 6.07) is 7.53. The van der Waals surface area contributed by atoms with Crippen LogP contribution in [-0.2, 0) is 0 Å². The molecule has 1 aliphatic rings. The van der Waals surface area contributed by atoms with Crippen molar-refractivity contribution < 1.29 is 4.74 Å². The number of likely N-dealkylation sites (tertiary alicyclic amines) is 1. The minimum absolute atomic E-state index is 0.339. The molecule has 21 heavy (non-hydrogen) atoms. The van der Waals surface area contributed by atoms with E-state index in [1.807, 2.05) is 0 Å². The zero-order valence-corrected chi connectivity index (χ0v) is 13.8. The van der Waals surface area contributed by atoms with Gasteiger partial charge in [-0.05, 0) is 49.9 Å². The normalized spacial score (nSPS) is 21.2. The average Bonchev–Trinajstić information content (AvgIpc) is 2.50. The molecule has 0 aliphatic carbocycles. The highest BCUT2D eigenvalue weighted by Crippen LogP contribution is 2.32. The molecule has 1 fully saturated rings. The second-order valence-electron chi connectivity index (χ2n) is 6.16. The Morgan fingerprint density at radius 2 is 2.19 bits per heavy atom. The van der Waals surface area contributed by atoms with Crippen LogP contribution in [0.3, 0.4) is 0 Å². The number of rotatable bonds is 6. The molecule has 1 aromatic carbocycles. The van der Waals surface area contributed by atoms with Crippen molar-refractivity contribution in [3.63, 3.8) is 0 Å². The van der Waals surface area contributed by atoms with Crippen molar-refractivity contribution in [2.24, 2.45) is 5.73 Å². The molecule has 0 spiro atoms. The first-order valence-electron chi connectivity index (χ1n) is 8.31. The van der Waals surface area contributed by atoms with Gasteiger partial charge in [-0.2, -0.15) is 0 Å². The van der Waals surface area contributed by atoms with Crippen LogP contribution >= 0.6 is 0 Å². The first kappa shape index (κ1) is 16.3. The molecule has 2 N–H and O–H groups in total. The third-order valence-corrected chi connectivity index (χ3v) is 4.72. The predicted octanol–water partition coefficient (Wildman–Crippen LogP) is 3.66. The number of hydrogen-bond donors (Lipinski definition) is 1. The van der Waals surface area contributed by atoms with Crippen molar-refractivity contribution in [3.05, 3.63) is 29.3 Å². The molecule has 0 bridgehead atoms. The van der Waals surface area contributed by atoms with Crippen LogP contribution in [0, 0.1) is 6.92 Å². The van der Waals surface area contributed by atoms with E-state index in [-0.39, 0.29) is 0 Å². The Kier molecular flexibility index (Phi) is 6.07. The van der Waals surface area contributed by atoms with Crippen molar-refractivity contribution in [1.29, 1.82) is 0 Å². The summed E-state index contributed by atoms with van der Waals surface area (Å²) >= 11 is 0. The van der Waals surface area contributed by atoms with E-state index >= 15 is 0 Å². The Morgan fingerprint density at radius 1 is 1.38 bits per heavy atom. The number of hydrogen-bond acceptors (Lipinski definition) is 3. The standard InChI is InChI=1S/C18H30N2O/c1-4-7-16-8-5-6-11-20(16)17(13-19)15-9-10-18(21-3)14(2)12-15/h9-10,12,16-17H,4-8,11,13,19H2,1-3H3. The molecular weight excluding hydrogens is 260 g/mol. The van der Waals surface area contributed by atoms with Crippen LogP contribution in [-0.4, -0.2) is 31.1 Å². The fourth-order valence-electron chi connectivity index (χ4n) is 3.65. The van der Waals surface area contributed by atoms with Gasteiger partial charge in [0.05, 0.1) is 7.11 Å². The summed E-state index contributed by atoms with van der Waals surface area (Å²) in [6.07, 6.45) is 6.51. The fraction of sp³-hybridized carbons (Fsp3) is 0.667. The van der Waals surface area contributed by atoms with Gasteiger partial charge >= 0.3 is 0 Å². The van der Waals surface area contributed by atoms with Crippen molar-refractivity contribution >= 4 is 0 Å². The number of ether oxygens (including phenoxy) is 1. The predicted molar refractivity (Wildman–Crippen MR) is 88.8 cm³/mol. The van der Waals surface area contributed by atoms with Gasteiger partial charge in [-0.15, -0.1) is 0 Å². The highest BCUT2D eigenvalue weighted by Gasteiger charge is 2.28. The molecule has 0 radical (unpaired) electrons. The lowest BCUT2D eigenvalue weighted by molar-refractivity contribution is 0.0912. The van der Waals surface area contributed by atoms with Gasteiger partial charge in [0.25, 0.3) is 0 Å². The molecule has 0 amide bonds. The average molecular weight is 290 g/mol. The van der Waals surface area contributed by atoms with E-state index in [9.17, 15) is 0 Å². The molecule has 3 nitrogen and oxygen atoms in total. The second-order valence-corrected chi connectivity index (χ2v) is 6.16. The molecule has 1 aromatic rings. The van der Waals surface area contributed by atoms with Gasteiger partial charge in [-0.25, -0.2) is 0 Å². The zero-order chi connectivity index (χ0) is 15.2. The summed E-state index contributed by atoms with van der Waals surface area (Å²) in [6.45, 7) is 6.25. The molecule has 0 aromatic heterocycles. The quantitative estimate of drug-likeness (QED) is 0.869. The van der Waals surface area contributed by atoms with Gasteiger partial charge in [0, 0.05) is 18.6 Å². The Labute approximate surface area is 129 Å². The lowest BCUT2D eigenvalue weighted by atomic mass is 9.93. The SMILES string of the molecule is CCCC1CCCCN1C(CN)c1ccc(OC)c(C)c1. The van der Waals surface area contributed by atoms with Gasteiger partial charge < -0.3 is 10.5 Å². The second kappa shape index (κ2) is 7.81. The Morgan fingerprint density at radius 3 is 2.81 bits per heavy atom. The van der Waals surface area contributed by atoms with E-state index < -0.39 is 0 Å². The Balaban J connectivity index is 2.22. The molecule has 1 saturated heterocycles. The third-order valence-electron chi connectivity index (χ3n) is 4.72. The summed E-state index contributed by atoms with van der Waals surface area (Å²) in [5.41, 5.74) is 8.67. The third kappa shape index (κ3) is 3.78. The van der Waals surface area contributed by atoms with Crippen molar-refractivity contribution in [3.8, 4) is 5.75 Å². The number of piperidine rings is 1. The lowest BCUT2D eigenvalue weighted by Gasteiger charge is -2.41. The summed E-state index contributed by atoms with van der Waals surface area (Å²) in [7, 11) is 1.73. The van der Waals surface area contributed by atoms with Gasteiger partial charge in [0.1, 0.15) is 5.75 Å². The van der Waals surface area contributed by atoms with E-state index in [1.165, 1.54) is 49.8 Å². The van der Waals surface area contributed by atoms with Crippen LogP contribution in [0.15, 0.2) is 18.2 Å². The lowest BCUT2D eigenvalue weighted by Crippen LogP contribution is -2.44. The maximum atomic E-state index is 6.14. The molecule has 118 valence electrons. The summed E-state index contributed by atoms with van der Waals surface area (Å²) in [5, 5.41) is 0. The van der Waals surface area contributed by atoms with Crippen LogP contribution in [0.25, 0.3) is 0 Å². The molecule has 2 rings (SSSR count). The van der Waals surface area contributed by atoms with E-state index in [2.05, 4.69) is 36.9 Å². The molecule has 0 saturated carbocycles. The van der Waals surface area contributed by atoms with E-state index in [0.717, 1.165) is 5.75 Å². The monoisotopic (exact) mass is 290 g/mol. The minimum atomic E-state index is 0.339. The van der Waals surface area contributed by atoms with Crippen molar-refractivity contribution in [2.75, 3.05) is 20.2 Å². The summed E-state index contributed by atoms with van der Waals surface area (Å²) in [4.78, 5) is 2.65. The smallest absolute Gasteiger partial charge is 0.121 e. The number of methoxy groups -OCH3 is 1. The summed E-state index contributed by atoms with van der Waals surface area (Å²) in [5.74, 6) is 0.957. The van der Waals surface area contributed by atoms with Crippen LogP contribution in [0.2, 0.25) is 0 Å². The Bertz CT molecular complexity index is 445. The van der Waals surface area contributed by atoms with E-state index in [0.29, 0.717) is 18.6 Å². The van der Waals surface area contributed by atoms with E-state index in [4.69, 9.17) is 10.5 Å². The van der Waals surface area contributed by atoms with Crippen molar-refractivity contribution in [2.45, 2.75) is 58.0 Å². The maximum Gasteiger partial charge on any atom is 0.121 e. The fourth-order valence-corrected chi connectivity index (χ4v) is 3.65. The topological polar surface area (TPSA) is 38.5 Å². The highest BCUT2D eigenvalue weighted by molar-refractivity contribution is 5.37. The Hall–Kier alpha value is -1.06. The van der Waals surface area contributed by atoms with Gasteiger partial charge in [0.15, 0.2) is 0 Å². The summed E-state index contributed by atoms with van der Waals surface area (Å²) < 4.78 is 5.37. The molecular formula is C18H30N2O. The van der Waals surface area contributed by atoms with E-state index in [1.54, 1.807) is 7.11 Å². The van der Waals surface area contributed by atoms with Crippen LogP contribution in [0.1, 0.15) is 56.2 Å². The van der Waals surface area contributed by atoms with Crippen LogP contribution in [0.4, 0.5) is 0 Å². The molecule has 1 heterocycles. The largest absolute Gasteiger partial charge is 0.496 e. The van der Waals surface area contributed by atoms with Gasteiger partial charge in [-0.3, -0.25) is 4.90 Å². The van der Waals surface area contributed by atoms with Gasteiger partial charge in [-0.1, -0.05) is 31.9 Å². The van der Waals surface area contributed by atoms with Crippen LogP contribution < -0.4 is 10.5 Å². The number of aryl methyl sites for hydroxylation is 1. The first-order chi connectivity index (χ1) is 10.2. The highest BCUT2D eigenvalue weighted by atomic mass is 16.5. The first-order valence-corrected chi connectivity index (χ1v) is 8.31. The van der Waals surface area contributed by atoms with Crippen molar-refractivity contribution in [1.82, 2.24) is 4.90 Å². The molecule has 2 unspecified atom stereocenters. The number of benzene rings is 1. The molecule has 2 atom stereocenters. The zero-order valence-electron chi connectivity index (χ0n) is 13.8. The maximum absolute atomic E-state index is 6.14. The number of nitrogens with two attached hydrogens (primary N) is 1.